The average molecular weight is 319 g/mol. The van der Waals surface area contributed by atoms with Crippen LogP contribution in [0.5, 0.6) is 0 Å². The second-order valence-corrected chi connectivity index (χ2v) is 5.43. The van der Waals surface area contributed by atoms with Gasteiger partial charge in [-0.15, -0.1) is 0 Å². The Hall–Kier alpha value is -2.61. The van der Waals surface area contributed by atoms with Gasteiger partial charge in [0.25, 0.3) is 5.56 Å². The third kappa shape index (κ3) is 3.11. The predicted octanol–water partition coefficient (Wildman–Crippen LogP) is 1.57. The molecule has 8 heteroatoms. The fourth-order valence-corrected chi connectivity index (χ4v) is 2.41. The molecule has 3 aromatic rings. The quantitative estimate of drug-likeness (QED) is 0.793. The van der Waals surface area contributed by atoms with E-state index in [4.69, 9.17) is 0 Å². The van der Waals surface area contributed by atoms with Gasteiger partial charge < -0.3 is 4.98 Å². The summed E-state index contributed by atoms with van der Waals surface area (Å²) in [6.45, 7) is 0.576. The van der Waals surface area contributed by atoms with E-state index in [2.05, 4.69) is 15.1 Å². The van der Waals surface area contributed by atoms with Crippen molar-refractivity contribution in [3.8, 4) is 0 Å². The summed E-state index contributed by atoms with van der Waals surface area (Å²) < 4.78 is 28.1. The van der Waals surface area contributed by atoms with Crippen molar-refractivity contribution in [2.24, 2.45) is 7.05 Å². The zero-order chi connectivity index (χ0) is 16.6. The number of aromatic nitrogens is 4. The molecule has 1 N–H and O–H groups in total. The van der Waals surface area contributed by atoms with Crippen LogP contribution in [0.1, 0.15) is 11.4 Å². The van der Waals surface area contributed by atoms with Crippen LogP contribution >= 0.6 is 0 Å². The monoisotopic (exact) mass is 319 g/mol. The predicted molar refractivity (Wildman–Crippen MR) is 80.7 cm³/mol. The van der Waals surface area contributed by atoms with Crippen LogP contribution in [0.15, 0.2) is 29.2 Å². The Morgan fingerprint density at radius 2 is 2.09 bits per heavy atom. The minimum atomic E-state index is -0.610. The molecule has 0 saturated carbocycles. The summed E-state index contributed by atoms with van der Waals surface area (Å²) in [6.07, 6.45) is 1.46. The van der Waals surface area contributed by atoms with E-state index in [1.54, 1.807) is 19.0 Å². The van der Waals surface area contributed by atoms with Gasteiger partial charge in [-0.25, -0.2) is 13.8 Å². The molecular weight excluding hydrogens is 304 g/mol. The van der Waals surface area contributed by atoms with Crippen LogP contribution in [-0.4, -0.2) is 31.7 Å². The third-order valence-corrected chi connectivity index (χ3v) is 3.53. The van der Waals surface area contributed by atoms with Crippen LogP contribution < -0.4 is 5.56 Å². The Morgan fingerprint density at radius 1 is 1.30 bits per heavy atom. The largest absolute Gasteiger partial charge is 0.309 e. The van der Waals surface area contributed by atoms with Gasteiger partial charge in [0.1, 0.15) is 22.8 Å². The van der Waals surface area contributed by atoms with Crippen molar-refractivity contribution < 1.29 is 8.78 Å². The number of H-pyrrole nitrogens is 1. The van der Waals surface area contributed by atoms with Gasteiger partial charge in [-0.1, -0.05) is 6.07 Å². The maximum Gasteiger partial charge on any atom is 0.262 e. The van der Waals surface area contributed by atoms with Gasteiger partial charge in [-0.3, -0.25) is 14.4 Å². The molecule has 1 aromatic carbocycles. The van der Waals surface area contributed by atoms with E-state index in [0.29, 0.717) is 29.0 Å². The molecular formula is C15H15F2N5O. The lowest BCUT2D eigenvalue weighted by atomic mass is 10.2. The van der Waals surface area contributed by atoms with Crippen molar-refractivity contribution in [3.05, 3.63) is 57.8 Å². The lowest BCUT2D eigenvalue weighted by Gasteiger charge is -2.16. The van der Waals surface area contributed by atoms with Crippen molar-refractivity contribution in [1.29, 1.82) is 0 Å². The summed E-state index contributed by atoms with van der Waals surface area (Å²) in [5.74, 6) is -0.752. The molecule has 3 rings (SSSR count). The van der Waals surface area contributed by atoms with Gasteiger partial charge in [0.15, 0.2) is 5.65 Å². The molecule has 0 atom stereocenters. The van der Waals surface area contributed by atoms with Crippen LogP contribution in [-0.2, 0) is 20.1 Å². The normalized spacial score (nSPS) is 11.5. The second kappa shape index (κ2) is 5.88. The molecule has 0 aliphatic rings. The molecule has 0 aliphatic heterocycles. The van der Waals surface area contributed by atoms with Gasteiger partial charge >= 0.3 is 0 Å². The molecule has 2 aromatic heterocycles. The molecule has 0 aliphatic carbocycles. The number of benzene rings is 1. The molecule has 0 fully saturated rings. The molecule has 23 heavy (non-hydrogen) atoms. The minimum Gasteiger partial charge on any atom is -0.309 e. The van der Waals surface area contributed by atoms with Crippen molar-refractivity contribution in [2.75, 3.05) is 7.05 Å². The number of aromatic amines is 1. The first-order valence-electron chi connectivity index (χ1n) is 6.97. The maximum atomic E-state index is 13.7. The Kier molecular flexibility index (Phi) is 3.91. The number of hydrogen-bond acceptors (Lipinski definition) is 4. The Bertz CT molecular complexity index is 918. The Balaban J connectivity index is 1.81. The molecule has 120 valence electrons. The van der Waals surface area contributed by atoms with Crippen LogP contribution in [0, 0.1) is 11.6 Å². The van der Waals surface area contributed by atoms with Crippen LogP contribution in [0.4, 0.5) is 8.78 Å². The molecule has 0 spiro atoms. The number of aryl methyl sites for hydroxylation is 1. The summed E-state index contributed by atoms with van der Waals surface area (Å²) in [7, 11) is 3.46. The number of fused-ring (bicyclic) bond motifs is 1. The van der Waals surface area contributed by atoms with Gasteiger partial charge in [0.2, 0.25) is 0 Å². The summed E-state index contributed by atoms with van der Waals surface area (Å²) in [4.78, 5) is 20.8. The summed E-state index contributed by atoms with van der Waals surface area (Å²) in [6, 6.07) is 3.47. The summed E-state index contributed by atoms with van der Waals surface area (Å²) >= 11 is 0. The van der Waals surface area contributed by atoms with Crippen molar-refractivity contribution in [2.45, 2.75) is 13.1 Å². The highest BCUT2D eigenvalue weighted by atomic mass is 19.1. The van der Waals surface area contributed by atoms with Crippen LogP contribution in [0.3, 0.4) is 0 Å². The third-order valence-electron chi connectivity index (χ3n) is 3.53. The SMILES string of the molecule is CN(Cc1nc2c(cnn2C)c(=O)[nH]1)Cc1ccc(F)cc1F. The number of nitrogens with zero attached hydrogens (tertiary/aromatic N) is 4. The van der Waals surface area contributed by atoms with Crippen LogP contribution in [0.25, 0.3) is 11.0 Å². The number of hydrogen-bond donors (Lipinski definition) is 1. The highest BCUT2D eigenvalue weighted by Gasteiger charge is 2.11. The molecule has 0 radical (unpaired) electrons. The lowest BCUT2D eigenvalue weighted by molar-refractivity contribution is 0.305. The summed E-state index contributed by atoms with van der Waals surface area (Å²) in [5, 5.41) is 4.42. The van der Waals surface area contributed by atoms with Crippen molar-refractivity contribution in [3.63, 3.8) is 0 Å². The van der Waals surface area contributed by atoms with E-state index < -0.39 is 11.6 Å². The molecule has 0 saturated heterocycles. The van der Waals surface area contributed by atoms with Gasteiger partial charge in [0, 0.05) is 25.2 Å². The zero-order valence-electron chi connectivity index (χ0n) is 12.7. The molecule has 0 bridgehead atoms. The summed E-state index contributed by atoms with van der Waals surface area (Å²) in [5.41, 5.74) is 0.599. The van der Waals surface area contributed by atoms with Gasteiger partial charge in [-0.2, -0.15) is 5.10 Å². The molecule has 0 amide bonds. The molecule has 2 heterocycles. The Labute approximate surface area is 130 Å². The van der Waals surface area contributed by atoms with E-state index in [9.17, 15) is 13.6 Å². The second-order valence-electron chi connectivity index (χ2n) is 5.43. The molecule has 0 unspecified atom stereocenters. The smallest absolute Gasteiger partial charge is 0.262 e. The highest BCUT2D eigenvalue weighted by Crippen LogP contribution is 2.13. The fourth-order valence-electron chi connectivity index (χ4n) is 2.41. The van der Waals surface area contributed by atoms with E-state index >= 15 is 0 Å². The fraction of sp³-hybridized carbons (Fsp3) is 0.267. The van der Waals surface area contributed by atoms with E-state index in [0.717, 1.165) is 6.07 Å². The molecule has 6 nitrogen and oxygen atoms in total. The lowest BCUT2D eigenvalue weighted by Crippen LogP contribution is -2.22. The maximum absolute atomic E-state index is 13.7. The van der Waals surface area contributed by atoms with E-state index in [-0.39, 0.29) is 12.1 Å². The number of halogens is 2. The standard InChI is InChI=1S/C15H15F2N5O/c1-21(7-9-3-4-10(16)5-12(9)17)8-13-19-14-11(15(23)20-13)6-18-22(14)2/h3-6H,7-8H2,1-2H3,(H,19,20,23). The highest BCUT2D eigenvalue weighted by molar-refractivity contribution is 5.72. The van der Waals surface area contributed by atoms with Crippen molar-refractivity contribution >= 4 is 11.0 Å². The first-order valence-corrected chi connectivity index (χ1v) is 6.97. The van der Waals surface area contributed by atoms with E-state index in [1.807, 2.05) is 0 Å². The van der Waals surface area contributed by atoms with Gasteiger partial charge in [0.05, 0.1) is 12.7 Å². The van der Waals surface area contributed by atoms with E-state index in [1.165, 1.54) is 23.0 Å². The first-order chi connectivity index (χ1) is 10.9. The minimum absolute atomic E-state index is 0.263. The van der Waals surface area contributed by atoms with Gasteiger partial charge in [-0.05, 0) is 13.1 Å². The number of rotatable bonds is 4. The first kappa shape index (κ1) is 15.3. The van der Waals surface area contributed by atoms with Crippen LogP contribution in [0.2, 0.25) is 0 Å². The zero-order valence-corrected chi connectivity index (χ0v) is 12.7. The topological polar surface area (TPSA) is 66.8 Å². The average Bonchev–Trinajstić information content (AvgIpc) is 2.84. The van der Waals surface area contributed by atoms with Crippen molar-refractivity contribution in [1.82, 2.24) is 24.6 Å². The number of nitrogens with one attached hydrogen (secondary N) is 1. The Morgan fingerprint density at radius 3 is 2.83 bits per heavy atom.